The molecule has 28 heavy (non-hydrogen) atoms. The average molecular weight is 397 g/mol. The Bertz CT molecular complexity index is 980. The molecule has 1 aliphatic heterocycles. The topological polar surface area (TPSA) is 84.7 Å². The Labute approximate surface area is 167 Å². The van der Waals surface area contributed by atoms with Gasteiger partial charge < -0.3 is 10.6 Å². The van der Waals surface area contributed by atoms with Gasteiger partial charge in [0.05, 0.1) is 17.1 Å². The number of carbonyl (C=O) groups excluding carboxylic acids is 1. The second kappa shape index (κ2) is 7.60. The highest BCUT2D eigenvalue weighted by Gasteiger charge is 2.24. The van der Waals surface area contributed by atoms with Gasteiger partial charge in [-0.25, -0.2) is 14.6 Å². The van der Waals surface area contributed by atoms with Gasteiger partial charge in [0.1, 0.15) is 5.52 Å². The number of nitrogens with one attached hydrogen (secondary N) is 2. The molecule has 1 atom stereocenters. The number of thiophene rings is 1. The fourth-order valence-corrected chi connectivity index (χ4v) is 5.38. The SMILES string of the molecule is O=C(NCCn1nc([C@@H]2CCNC2)c2nccnc21)c1cc2c(s1)CCCC2. The molecular weight excluding hydrogens is 372 g/mol. The highest BCUT2D eigenvalue weighted by Crippen LogP contribution is 2.29. The largest absolute Gasteiger partial charge is 0.349 e. The zero-order valence-corrected chi connectivity index (χ0v) is 16.6. The smallest absolute Gasteiger partial charge is 0.261 e. The molecule has 0 saturated carbocycles. The van der Waals surface area contributed by atoms with E-state index in [1.165, 1.54) is 23.3 Å². The van der Waals surface area contributed by atoms with Crippen LogP contribution in [0.4, 0.5) is 0 Å². The molecule has 1 fully saturated rings. The van der Waals surface area contributed by atoms with E-state index in [1.807, 2.05) is 4.68 Å². The number of fused-ring (bicyclic) bond motifs is 2. The number of nitrogens with zero attached hydrogens (tertiary/aromatic N) is 4. The summed E-state index contributed by atoms with van der Waals surface area (Å²) in [5.74, 6) is 0.398. The van der Waals surface area contributed by atoms with Gasteiger partial charge in [0.15, 0.2) is 5.65 Å². The van der Waals surface area contributed by atoms with Crippen molar-refractivity contribution in [3.05, 3.63) is 39.5 Å². The van der Waals surface area contributed by atoms with Crippen LogP contribution in [0.3, 0.4) is 0 Å². The molecule has 3 aromatic heterocycles. The van der Waals surface area contributed by atoms with E-state index in [0.717, 1.165) is 54.1 Å². The van der Waals surface area contributed by atoms with Crippen LogP contribution in [0, 0.1) is 0 Å². The van der Waals surface area contributed by atoms with E-state index in [2.05, 4.69) is 26.7 Å². The van der Waals surface area contributed by atoms with Gasteiger partial charge in [-0.2, -0.15) is 5.10 Å². The third kappa shape index (κ3) is 3.31. The van der Waals surface area contributed by atoms with Crippen molar-refractivity contribution < 1.29 is 4.79 Å². The summed E-state index contributed by atoms with van der Waals surface area (Å²) < 4.78 is 1.88. The molecule has 1 amide bonds. The molecule has 0 spiro atoms. The van der Waals surface area contributed by atoms with Crippen LogP contribution in [0.2, 0.25) is 0 Å². The van der Waals surface area contributed by atoms with Crippen molar-refractivity contribution in [2.75, 3.05) is 19.6 Å². The molecule has 5 rings (SSSR count). The normalized spacial score (nSPS) is 19.1. The second-order valence-corrected chi connectivity index (χ2v) is 8.69. The zero-order valence-electron chi connectivity index (χ0n) is 15.8. The first kappa shape index (κ1) is 17.8. The van der Waals surface area contributed by atoms with E-state index in [1.54, 1.807) is 23.7 Å². The van der Waals surface area contributed by atoms with Crippen LogP contribution in [-0.2, 0) is 19.4 Å². The highest BCUT2D eigenvalue weighted by atomic mass is 32.1. The van der Waals surface area contributed by atoms with Crippen LogP contribution in [0.25, 0.3) is 11.2 Å². The summed E-state index contributed by atoms with van der Waals surface area (Å²) in [7, 11) is 0. The van der Waals surface area contributed by atoms with Crippen molar-refractivity contribution in [1.29, 1.82) is 0 Å². The maximum absolute atomic E-state index is 12.6. The second-order valence-electron chi connectivity index (χ2n) is 7.55. The lowest BCUT2D eigenvalue weighted by atomic mass is 9.99. The minimum atomic E-state index is 0.0159. The van der Waals surface area contributed by atoms with Crippen molar-refractivity contribution in [2.45, 2.75) is 44.6 Å². The van der Waals surface area contributed by atoms with Crippen LogP contribution in [0.15, 0.2) is 18.5 Å². The van der Waals surface area contributed by atoms with Crippen LogP contribution in [0.5, 0.6) is 0 Å². The van der Waals surface area contributed by atoms with Gasteiger partial charge in [-0.1, -0.05) is 0 Å². The quantitative estimate of drug-likeness (QED) is 0.691. The predicted octanol–water partition coefficient (Wildman–Crippen LogP) is 2.27. The summed E-state index contributed by atoms with van der Waals surface area (Å²) in [5.41, 5.74) is 4.06. The Balaban J connectivity index is 1.28. The first-order valence-corrected chi connectivity index (χ1v) is 10.9. The van der Waals surface area contributed by atoms with Gasteiger partial charge in [0.25, 0.3) is 5.91 Å². The number of amides is 1. The van der Waals surface area contributed by atoms with Crippen molar-refractivity contribution in [2.24, 2.45) is 0 Å². The summed E-state index contributed by atoms with van der Waals surface area (Å²) in [6, 6.07) is 2.08. The first-order chi connectivity index (χ1) is 13.8. The van der Waals surface area contributed by atoms with E-state index in [9.17, 15) is 4.79 Å². The lowest BCUT2D eigenvalue weighted by Gasteiger charge is -2.08. The fraction of sp³-hybridized carbons (Fsp3) is 0.500. The molecule has 8 heteroatoms. The lowest BCUT2D eigenvalue weighted by molar-refractivity contribution is 0.0956. The minimum absolute atomic E-state index is 0.0159. The summed E-state index contributed by atoms with van der Waals surface area (Å²) in [4.78, 5) is 23.8. The standard InChI is InChI=1S/C20H24N6OS/c27-20(16-11-13-3-1-2-4-15(13)28-16)24-9-10-26-19-18(22-7-8-23-19)17(25-26)14-5-6-21-12-14/h7-8,11,14,21H,1-6,9-10,12H2,(H,24,27)/t14-/m1/s1. The third-order valence-electron chi connectivity index (χ3n) is 5.67. The monoisotopic (exact) mass is 396 g/mol. The van der Waals surface area contributed by atoms with E-state index in [-0.39, 0.29) is 5.91 Å². The predicted molar refractivity (Wildman–Crippen MR) is 109 cm³/mol. The van der Waals surface area contributed by atoms with Gasteiger partial charge >= 0.3 is 0 Å². The van der Waals surface area contributed by atoms with Crippen molar-refractivity contribution in [3.63, 3.8) is 0 Å². The fourth-order valence-electron chi connectivity index (χ4n) is 4.21. The number of hydrogen-bond acceptors (Lipinski definition) is 6. The van der Waals surface area contributed by atoms with Crippen LogP contribution >= 0.6 is 11.3 Å². The van der Waals surface area contributed by atoms with Crippen LogP contribution < -0.4 is 10.6 Å². The van der Waals surface area contributed by atoms with Crippen LogP contribution in [-0.4, -0.2) is 45.3 Å². The molecule has 0 unspecified atom stereocenters. The maximum Gasteiger partial charge on any atom is 0.261 e. The summed E-state index contributed by atoms with van der Waals surface area (Å²) >= 11 is 1.65. The Morgan fingerprint density at radius 1 is 1.29 bits per heavy atom. The number of rotatable bonds is 5. The number of carbonyl (C=O) groups is 1. The van der Waals surface area contributed by atoms with Gasteiger partial charge in [-0.05, 0) is 50.3 Å². The molecule has 2 aliphatic rings. The van der Waals surface area contributed by atoms with Crippen molar-refractivity contribution in [1.82, 2.24) is 30.4 Å². The number of aryl methyl sites for hydroxylation is 2. The Hall–Kier alpha value is -2.32. The van der Waals surface area contributed by atoms with Gasteiger partial charge in [0.2, 0.25) is 0 Å². The van der Waals surface area contributed by atoms with Gasteiger partial charge in [-0.15, -0.1) is 11.3 Å². The third-order valence-corrected chi connectivity index (χ3v) is 6.91. The Morgan fingerprint density at radius 2 is 2.18 bits per heavy atom. The maximum atomic E-state index is 12.6. The summed E-state index contributed by atoms with van der Waals surface area (Å²) in [6.45, 7) is 3.06. The number of aromatic nitrogens is 4. The molecule has 0 aromatic carbocycles. The molecule has 4 heterocycles. The van der Waals surface area contributed by atoms with Crippen LogP contribution in [0.1, 0.15) is 51.0 Å². The molecule has 7 nitrogen and oxygen atoms in total. The van der Waals surface area contributed by atoms with Crippen molar-refractivity contribution in [3.8, 4) is 0 Å². The highest BCUT2D eigenvalue weighted by molar-refractivity contribution is 7.14. The Morgan fingerprint density at radius 3 is 3.04 bits per heavy atom. The summed E-state index contributed by atoms with van der Waals surface area (Å²) in [5, 5.41) is 11.2. The van der Waals surface area contributed by atoms with E-state index in [0.29, 0.717) is 19.0 Å². The number of hydrogen-bond donors (Lipinski definition) is 2. The Kier molecular flexibility index (Phi) is 4.82. The molecule has 1 saturated heterocycles. The summed E-state index contributed by atoms with van der Waals surface area (Å²) in [6.07, 6.45) is 9.19. The average Bonchev–Trinajstić information content (AvgIpc) is 3.46. The van der Waals surface area contributed by atoms with Crippen molar-refractivity contribution >= 4 is 28.4 Å². The van der Waals surface area contributed by atoms with Gasteiger partial charge in [-0.3, -0.25) is 4.79 Å². The zero-order chi connectivity index (χ0) is 18.9. The van der Waals surface area contributed by atoms with E-state index in [4.69, 9.17) is 5.10 Å². The molecule has 1 aliphatic carbocycles. The molecule has 3 aromatic rings. The molecule has 146 valence electrons. The van der Waals surface area contributed by atoms with Gasteiger partial charge in [0, 0.05) is 36.3 Å². The molecular formula is C20H24N6OS. The van der Waals surface area contributed by atoms with E-state index >= 15 is 0 Å². The molecule has 2 N–H and O–H groups in total. The molecule has 0 bridgehead atoms. The minimum Gasteiger partial charge on any atom is -0.349 e. The van der Waals surface area contributed by atoms with E-state index < -0.39 is 0 Å². The molecule has 0 radical (unpaired) electrons. The first-order valence-electron chi connectivity index (χ1n) is 10.1. The lowest BCUT2D eigenvalue weighted by Crippen LogP contribution is -2.27.